The minimum Gasteiger partial charge on any atom is -0.460 e. The number of nitrogen functional groups attached to an aromatic ring is 1. The quantitative estimate of drug-likeness (QED) is 0.0840. The molecule has 0 aromatic carbocycles. The van der Waals surface area contributed by atoms with E-state index in [0.29, 0.717) is 23.7 Å². The van der Waals surface area contributed by atoms with Gasteiger partial charge >= 0.3 is 11.9 Å². The summed E-state index contributed by atoms with van der Waals surface area (Å²) in [4.78, 5) is 42.6. The molecular weight excluding hydrogens is 840 g/mol. The van der Waals surface area contributed by atoms with Gasteiger partial charge in [-0.15, -0.1) is 0 Å². The Kier molecular flexibility index (Phi) is 16.1. The summed E-state index contributed by atoms with van der Waals surface area (Å²) in [6.07, 6.45) is 23.6. The fraction of sp³-hybridized carbons (Fsp3) is 0.440. The number of nitrogens with zero attached hydrogens (tertiary/aromatic N) is 8. The van der Waals surface area contributed by atoms with E-state index in [4.69, 9.17) is 31.8 Å². The molecule has 14 nitrogen and oxygen atoms in total. The standard InChI is InChI=1S/C25H31N5O2.C21H25ClN2O2.C4H7N3/c1-25(2,3)32-24(31)13-18-8-6-5-7-17-11-22(27-15-21(17)18)19-9-10-26-23(12-19)29-20-14-28-30(4)16-20;1-21(2,3)26-20(25)12-15-7-5-4-6-14-10-18(24-13-17(14)15)16-8-9-23-19(22)11-16;1-7-3-4(5)2-6-7/h9-12,14-16,18H,5-8,13H2,1-4H3,(H,26,29);8-11,13,15H,4-7,12H2,1-3H3;2-3H,5H2,1H3. The van der Waals surface area contributed by atoms with Crippen molar-refractivity contribution in [1.29, 1.82) is 0 Å². The number of ether oxygens (including phenoxy) is 2. The van der Waals surface area contributed by atoms with Crippen molar-refractivity contribution in [1.82, 2.24) is 39.5 Å². The van der Waals surface area contributed by atoms with Gasteiger partial charge in [0, 0.05) is 62.4 Å². The summed E-state index contributed by atoms with van der Waals surface area (Å²) in [5.41, 5.74) is 14.7. The molecule has 0 fully saturated rings. The number of pyridine rings is 4. The van der Waals surface area contributed by atoms with E-state index < -0.39 is 11.2 Å². The minimum atomic E-state index is -0.463. The zero-order valence-corrected chi connectivity index (χ0v) is 39.7. The largest absolute Gasteiger partial charge is 0.460 e. The second-order valence-corrected chi connectivity index (χ2v) is 19.2. The first kappa shape index (κ1) is 48.3. The van der Waals surface area contributed by atoms with Crippen LogP contribution in [0.2, 0.25) is 5.15 Å². The zero-order chi connectivity index (χ0) is 46.7. The number of aromatic nitrogens is 8. The van der Waals surface area contributed by atoms with Crippen LogP contribution in [0.5, 0.6) is 0 Å². The highest BCUT2D eigenvalue weighted by molar-refractivity contribution is 6.29. The first-order valence-corrected chi connectivity index (χ1v) is 22.7. The van der Waals surface area contributed by atoms with Crippen LogP contribution in [-0.4, -0.2) is 62.6 Å². The predicted octanol–water partition coefficient (Wildman–Crippen LogP) is 10.5. The van der Waals surface area contributed by atoms with Gasteiger partial charge in [0.2, 0.25) is 0 Å². The highest BCUT2D eigenvalue weighted by atomic mass is 35.5. The van der Waals surface area contributed by atoms with Gasteiger partial charge in [0.15, 0.2) is 0 Å². The minimum absolute atomic E-state index is 0.139. The topological polar surface area (TPSA) is 178 Å². The van der Waals surface area contributed by atoms with Gasteiger partial charge in [-0.2, -0.15) is 10.2 Å². The third-order valence-corrected chi connectivity index (χ3v) is 11.1. The SMILES string of the molecule is CC(C)(C)OC(=O)CC1CCCCc2cc(-c3ccnc(Cl)c3)ncc21.Cn1cc(N)cn1.Cn1cc(Nc2cc(-c3cc4c(cn3)C(CC(=O)OC(C)(C)C)CCCC4)ccn2)cn1. The zero-order valence-electron chi connectivity index (χ0n) is 39.0. The van der Waals surface area contributed by atoms with Crippen LogP contribution in [0.1, 0.15) is 127 Å². The maximum atomic E-state index is 12.5. The molecule has 15 heteroatoms. The molecule has 2 aliphatic rings. The van der Waals surface area contributed by atoms with E-state index >= 15 is 0 Å². The molecule has 6 aromatic rings. The second-order valence-electron chi connectivity index (χ2n) is 18.8. The van der Waals surface area contributed by atoms with Crippen molar-refractivity contribution in [2.24, 2.45) is 14.1 Å². The van der Waals surface area contributed by atoms with Crippen molar-refractivity contribution >= 4 is 40.7 Å². The molecule has 0 amide bonds. The smallest absolute Gasteiger partial charge is 0.306 e. The molecule has 0 saturated carbocycles. The number of nitrogens with one attached hydrogen (secondary N) is 1. The number of nitrogens with two attached hydrogens (primary N) is 1. The molecule has 65 heavy (non-hydrogen) atoms. The third kappa shape index (κ3) is 15.0. The first-order chi connectivity index (χ1) is 30.9. The van der Waals surface area contributed by atoms with E-state index in [9.17, 15) is 9.59 Å². The predicted molar refractivity (Wildman–Crippen MR) is 256 cm³/mol. The summed E-state index contributed by atoms with van der Waals surface area (Å²) in [5.74, 6) is 0.796. The summed E-state index contributed by atoms with van der Waals surface area (Å²) < 4.78 is 14.5. The molecule has 0 spiro atoms. The van der Waals surface area contributed by atoms with Crippen molar-refractivity contribution in [3.63, 3.8) is 0 Å². The Bertz CT molecular complexity index is 2520. The number of anilines is 3. The van der Waals surface area contributed by atoms with Crippen molar-refractivity contribution in [2.75, 3.05) is 11.1 Å². The van der Waals surface area contributed by atoms with Gasteiger partial charge in [0.25, 0.3) is 0 Å². The Hall–Kier alpha value is -6.15. The van der Waals surface area contributed by atoms with Crippen LogP contribution < -0.4 is 11.1 Å². The molecule has 2 atom stereocenters. The number of fused-ring (bicyclic) bond motifs is 2. The van der Waals surface area contributed by atoms with Crippen LogP contribution in [-0.2, 0) is 46.0 Å². The molecule has 3 N–H and O–H groups in total. The molecule has 8 rings (SSSR count). The van der Waals surface area contributed by atoms with E-state index in [2.05, 4.69) is 42.6 Å². The number of esters is 2. The Labute approximate surface area is 387 Å². The number of rotatable bonds is 8. The Balaban J connectivity index is 0.000000190. The lowest BCUT2D eigenvalue weighted by Gasteiger charge is -2.22. The van der Waals surface area contributed by atoms with Gasteiger partial charge in [-0.3, -0.25) is 28.9 Å². The van der Waals surface area contributed by atoms with Gasteiger partial charge in [0.05, 0.1) is 48.0 Å². The molecule has 0 saturated heterocycles. The van der Waals surface area contributed by atoms with Gasteiger partial charge in [-0.25, -0.2) is 9.97 Å². The van der Waals surface area contributed by atoms with Crippen LogP contribution in [0.4, 0.5) is 17.2 Å². The number of aryl methyl sites for hydroxylation is 4. The normalized spacial score (nSPS) is 15.9. The fourth-order valence-corrected chi connectivity index (χ4v) is 8.28. The Morgan fingerprint density at radius 3 is 1.65 bits per heavy atom. The van der Waals surface area contributed by atoms with E-state index in [1.54, 1.807) is 40.3 Å². The van der Waals surface area contributed by atoms with Gasteiger partial charge in [-0.1, -0.05) is 24.4 Å². The van der Waals surface area contributed by atoms with Crippen molar-refractivity contribution < 1.29 is 19.1 Å². The van der Waals surface area contributed by atoms with Gasteiger partial charge < -0.3 is 20.5 Å². The monoisotopic (exact) mass is 902 g/mol. The number of halogens is 1. The van der Waals surface area contributed by atoms with Crippen molar-refractivity contribution in [3.8, 4) is 22.5 Å². The van der Waals surface area contributed by atoms with Crippen LogP contribution in [0.15, 0.2) is 86.0 Å². The number of carbonyl (C=O) groups excluding carboxylic acids is 2. The Morgan fingerprint density at radius 2 is 1.20 bits per heavy atom. The number of carbonyl (C=O) groups is 2. The molecule has 2 aliphatic carbocycles. The maximum Gasteiger partial charge on any atom is 0.306 e. The van der Waals surface area contributed by atoms with Crippen LogP contribution in [0.25, 0.3) is 22.5 Å². The lowest BCUT2D eigenvalue weighted by molar-refractivity contribution is -0.156. The first-order valence-electron chi connectivity index (χ1n) is 22.4. The molecular formula is C50H63ClN10O4. The third-order valence-electron chi connectivity index (χ3n) is 10.9. The summed E-state index contributed by atoms with van der Waals surface area (Å²) in [5, 5.41) is 11.7. The Morgan fingerprint density at radius 1 is 0.692 bits per heavy atom. The van der Waals surface area contributed by atoms with Gasteiger partial charge in [0.1, 0.15) is 22.2 Å². The van der Waals surface area contributed by atoms with Crippen molar-refractivity contribution in [2.45, 2.75) is 129 Å². The molecule has 0 bridgehead atoms. The fourth-order valence-electron chi connectivity index (χ4n) is 8.11. The summed E-state index contributed by atoms with van der Waals surface area (Å²) in [6.45, 7) is 11.4. The van der Waals surface area contributed by atoms with E-state index in [1.165, 1.54) is 22.3 Å². The summed E-state index contributed by atoms with van der Waals surface area (Å²) in [6, 6.07) is 12.0. The highest BCUT2D eigenvalue weighted by Crippen LogP contribution is 2.37. The van der Waals surface area contributed by atoms with Gasteiger partial charge in [-0.05, 0) is 151 Å². The lowest BCUT2D eigenvalue weighted by atomic mass is 9.90. The molecule has 6 aromatic heterocycles. The number of hydrogen-bond donors (Lipinski definition) is 2. The van der Waals surface area contributed by atoms with E-state index in [-0.39, 0.29) is 23.8 Å². The summed E-state index contributed by atoms with van der Waals surface area (Å²) >= 11 is 6.01. The van der Waals surface area contributed by atoms with E-state index in [1.807, 2.05) is 98.5 Å². The maximum absolute atomic E-state index is 12.5. The average Bonchev–Trinajstić information content (AvgIpc) is 3.69. The van der Waals surface area contributed by atoms with Crippen LogP contribution in [0.3, 0.4) is 0 Å². The van der Waals surface area contributed by atoms with Crippen molar-refractivity contribution in [3.05, 3.63) is 113 Å². The van der Waals surface area contributed by atoms with E-state index in [0.717, 1.165) is 85.4 Å². The molecule has 2 unspecified atom stereocenters. The highest BCUT2D eigenvalue weighted by Gasteiger charge is 2.27. The molecule has 344 valence electrons. The lowest BCUT2D eigenvalue weighted by Crippen LogP contribution is -2.25. The molecule has 0 radical (unpaired) electrons. The van der Waals surface area contributed by atoms with Crippen LogP contribution in [0, 0.1) is 0 Å². The second kappa shape index (κ2) is 21.7. The van der Waals surface area contributed by atoms with Crippen LogP contribution >= 0.6 is 11.6 Å². The summed E-state index contributed by atoms with van der Waals surface area (Å²) in [7, 11) is 3.71. The average molecular weight is 904 g/mol. The molecule has 6 heterocycles. The number of hydrogen-bond acceptors (Lipinski definition) is 12. The molecule has 0 aliphatic heterocycles.